The van der Waals surface area contributed by atoms with Gasteiger partial charge in [0.2, 0.25) is 0 Å². The topological polar surface area (TPSA) is 35.2 Å². The zero-order chi connectivity index (χ0) is 11.4. The molecule has 1 saturated carbocycles. The van der Waals surface area contributed by atoms with Crippen molar-refractivity contribution in [3.05, 3.63) is 28.2 Å². The third kappa shape index (κ3) is 2.77. The van der Waals surface area contributed by atoms with Crippen LogP contribution in [0, 0.1) is 0 Å². The summed E-state index contributed by atoms with van der Waals surface area (Å²) in [5.41, 5.74) is 6.81. The molecule has 88 valence electrons. The van der Waals surface area contributed by atoms with Gasteiger partial charge in [-0.25, -0.2) is 0 Å². The van der Waals surface area contributed by atoms with E-state index in [1.54, 1.807) is 0 Å². The zero-order valence-corrected chi connectivity index (χ0v) is 11.0. The molecule has 0 spiro atoms. The Morgan fingerprint density at radius 3 is 2.69 bits per heavy atom. The molecule has 0 radical (unpaired) electrons. The number of hydrogen-bond donors (Lipinski definition) is 1. The number of para-hydroxylation sites is 1. The van der Waals surface area contributed by atoms with Crippen LogP contribution < -0.4 is 10.5 Å². The van der Waals surface area contributed by atoms with Gasteiger partial charge in [-0.15, -0.1) is 0 Å². The van der Waals surface area contributed by atoms with Crippen LogP contribution in [0.1, 0.15) is 37.7 Å². The normalized spacial score (nSPS) is 17.4. The molecule has 2 rings (SSSR count). The number of rotatable bonds is 3. The van der Waals surface area contributed by atoms with E-state index in [1.165, 1.54) is 32.1 Å². The second kappa shape index (κ2) is 5.69. The highest BCUT2D eigenvalue weighted by Crippen LogP contribution is 2.32. The van der Waals surface area contributed by atoms with Gasteiger partial charge in [-0.1, -0.05) is 18.6 Å². The Hall–Kier alpha value is -0.540. The first kappa shape index (κ1) is 11.9. The average Bonchev–Trinajstić information content (AvgIpc) is 2.33. The minimum Gasteiger partial charge on any atom is -0.489 e. The minimum atomic E-state index is 0.373. The molecule has 0 aromatic heterocycles. The zero-order valence-electron chi connectivity index (χ0n) is 9.42. The monoisotopic (exact) mass is 283 g/mol. The maximum Gasteiger partial charge on any atom is 0.138 e. The lowest BCUT2D eigenvalue weighted by Gasteiger charge is -2.24. The first-order chi connectivity index (χ1) is 7.81. The van der Waals surface area contributed by atoms with Gasteiger partial charge < -0.3 is 10.5 Å². The van der Waals surface area contributed by atoms with E-state index in [2.05, 4.69) is 15.9 Å². The first-order valence-corrected chi connectivity index (χ1v) is 6.74. The summed E-state index contributed by atoms with van der Waals surface area (Å²) in [4.78, 5) is 0. The molecule has 0 unspecified atom stereocenters. The molecule has 1 aromatic carbocycles. The van der Waals surface area contributed by atoms with Crippen molar-refractivity contribution in [3.8, 4) is 5.75 Å². The van der Waals surface area contributed by atoms with Crippen molar-refractivity contribution in [1.82, 2.24) is 0 Å². The predicted molar refractivity (Wildman–Crippen MR) is 69.5 cm³/mol. The van der Waals surface area contributed by atoms with Crippen molar-refractivity contribution in [2.24, 2.45) is 5.73 Å². The van der Waals surface area contributed by atoms with Crippen molar-refractivity contribution >= 4 is 15.9 Å². The van der Waals surface area contributed by atoms with E-state index in [-0.39, 0.29) is 0 Å². The van der Waals surface area contributed by atoms with Gasteiger partial charge in [0, 0.05) is 12.1 Å². The maximum absolute atomic E-state index is 6.08. The molecule has 1 aromatic rings. The van der Waals surface area contributed by atoms with Crippen LogP contribution in [0.2, 0.25) is 0 Å². The summed E-state index contributed by atoms with van der Waals surface area (Å²) < 4.78 is 7.10. The Morgan fingerprint density at radius 2 is 2.00 bits per heavy atom. The average molecular weight is 284 g/mol. The fraction of sp³-hybridized carbons (Fsp3) is 0.538. The molecule has 0 aliphatic heterocycles. The molecule has 2 nitrogen and oxygen atoms in total. The Balaban J connectivity index is 2.12. The lowest BCUT2D eigenvalue weighted by molar-refractivity contribution is 0.152. The van der Waals surface area contributed by atoms with E-state index in [0.717, 1.165) is 15.8 Å². The number of hydrogen-bond acceptors (Lipinski definition) is 2. The Morgan fingerprint density at radius 1 is 1.25 bits per heavy atom. The summed E-state index contributed by atoms with van der Waals surface area (Å²) in [5, 5.41) is 0. The molecular weight excluding hydrogens is 266 g/mol. The molecule has 1 aliphatic carbocycles. The van der Waals surface area contributed by atoms with Crippen molar-refractivity contribution in [1.29, 1.82) is 0 Å². The van der Waals surface area contributed by atoms with Gasteiger partial charge in [0.25, 0.3) is 0 Å². The van der Waals surface area contributed by atoms with Crippen molar-refractivity contribution in [2.75, 3.05) is 0 Å². The largest absolute Gasteiger partial charge is 0.489 e. The SMILES string of the molecule is NCc1cccc(Br)c1OC1CCCCC1. The molecule has 0 atom stereocenters. The van der Waals surface area contributed by atoms with Gasteiger partial charge in [-0.05, 0) is 47.7 Å². The summed E-state index contributed by atoms with van der Waals surface area (Å²) in [5.74, 6) is 0.942. The highest BCUT2D eigenvalue weighted by molar-refractivity contribution is 9.10. The van der Waals surface area contributed by atoms with E-state index in [1.807, 2.05) is 18.2 Å². The molecule has 3 heteroatoms. The van der Waals surface area contributed by atoms with Gasteiger partial charge in [-0.2, -0.15) is 0 Å². The smallest absolute Gasteiger partial charge is 0.138 e. The standard InChI is InChI=1S/C13H18BrNO/c14-12-8-4-5-10(9-15)13(12)16-11-6-2-1-3-7-11/h4-5,8,11H,1-3,6-7,9,15H2. The third-order valence-electron chi connectivity index (χ3n) is 3.11. The Kier molecular flexibility index (Phi) is 4.24. The van der Waals surface area contributed by atoms with Gasteiger partial charge >= 0.3 is 0 Å². The van der Waals surface area contributed by atoms with Crippen LogP contribution in [0.15, 0.2) is 22.7 Å². The lowest BCUT2D eigenvalue weighted by atomic mass is 9.97. The fourth-order valence-electron chi connectivity index (χ4n) is 2.20. The second-order valence-electron chi connectivity index (χ2n) is 4.31. The molecular formula is C13H18BrNO. The van der Waals surface area contributed by atoms with E-state index in [0.29, 0.717) is 12.6 Å². The second-order valence-corrected chi connectivity index (χ2v) is 5.16. The maximum atomic E-state index is 6.08. The number of nitrogens with two attached hydrogens (primary N) is 1. The van der Waals surface area contributed by atoms with Gasteiger partial charge in [0.15, 0.2) is 0 Å². The summed E-state index contributed by atoms with van der Waals surface area (Å²) in [6, 6.07) is 6.04. The minimum absolute atomic E-state index is 0.373. The summed E-state index contributed by atoms with van der Waals surface area (Å²) >= 11 is 3.53. The van der Waals surface area contributed by atoms with Crippen LogP contribution in [-0.2, 0) is 6.54 Å². The summed E-state index contributed by atoms with van der Waals surface area (Å²) in [7, 11) is 0. The molecule has 1 fully saturated rings. The predicted octanol–water partition coefficient (Wildman–Crippen LogP) is 3.62. The summed E-state index contributed by atoms with van der Waals surface area (Å²) in [6.07, 6.45) is 6.63. The van der Waals surface area contributed by atoms with Crippen LogP contribution in [0.25, 0.3) is 0 Å². The Labute approximate surface area is 105 Å². The lowest BCUT2D eigenvalue weighted by Crippen LogP contribution is -2.20. The van der Waals surface area contributed by atoms with Gasteiger partial charge in [-0.3, -0.25) is 0 Å². The molecule has 0 saturated heterocycles. The molecule has 0 amide bonds. The van der Waals surface area contributed by atoms with Crippen molar-refractivity contribution < 1.29 is 4.74 Å². The van der Waals surface area contributed by atoms with Crippen LogP contribution >= 0.6 is 15.9 Å². The van der Waals surface area contributed by atoms with Crippen LogP contribution in [0.3, 0.4) is 0 Å². The van der Waals surface area contributed by atoms with Crippen LogP contribution in [0.4, 0.5) is 0 Å². The molecule has 2 N–H and O–H groups in total. The molecule has 0 bridgehead atoms. The number of benzene rings is 1. The molecule has 16 heavy (non-hydrogen) atoms. The van der Waals surface area contributed by atoms with E-state index < -0.39 is 0 Å². The van der Waals surface area contributed by atoms with Crippen molar-refractivity contribution in [2.45, 2.75) is 44.8 Å². The van der Waals surface area contributed by atoms with Crippen LogP contribution in [-0.4, -0.2) is 6.10 Å². The van der Waals surface area contributed by atoms with Gasteiger partial charge in [0.05, 0.1) is 10.6 Å². The quantitative estimate of drug-likeness (QED) is 0.920. The highest BCUT2D eigenvalue weighted by Gasteiger charge is 2.17. The van der Waals surface area contributed by atoms with Gasteiger partial charge in [0.1, 0.15) is 5.75 Å². The molecule has 1 aliphatic rings. The van der Waals surface area contributed by atoms with E-state index >= 15 is 0 Å². The number of halogens is 1. The molecule has 0 heterocycles. The first-order valence-electron chi connectivity index (χ1n) is 5.95. The highest BCUT2D eigenvalue weighted by atomic mass is 79.9. The summed E-state index contributed by atoms with van der Waals surface area (Å²) in [6.45, 7) is 0.529. The van der Waals surface area contributed by atoms with E-state index in [9.17, 15) is 0 Å². The fourth-order valence-corrected chi connectivity index (χ4v) is 2.70. The Bertz CT molecular complexity index is 348. The van der Waals surface area contributed by atoms with E-state index in [4.69, 9.17) is 10.5 Å². The van der Waals surface area contributed by atoms with Crippen LogP contribution in [0.5, 0.6) is 5.75 Å². The number of ether oxygens (including phenoxy) is 1. The van der Waals surface area contributed by atoms with Crippen molar-refractivity contribution in [3.63, 3.8) is 0 Å². The third-order valence-corrected chi connectivity index (χ3v) is 3.73.